The summed E-state index contributed by atoms with van der Waals surface area (Å²) in [5, 5.41) is 5.69. The molecular weight excluding hydrogens is 212 g/mol. The maximum Gasteiger partial charge on any atom is 0.238 e. The molecule has 0 radical (unpaired) electrons. The predicted molar refractivity (Wildman–Crippen MR) is 70.2 cm³/mol. The molecule has 3 heteroatoms. The van der Waals surface area contributed by atoms with Gasteiger partial charge >= 0.3 is 0 Å². The summed E-state index contributed by atoms with van der Waals surface area (Å²) in [4.78, 5) is 11.4. The molecule has 2 N–H and O–H groups in total. The van der Waals surface area contributed by atoms with E-state index in [0.29, 0.717) is 6.54 Å². The predicted octanol–water partition coefficient (Wildman–Crippen LogP) is 2.50. The van der Waals surface area contributed by atoms with E-state index < -0.39 is 0 Å². The Morgan fingerprint density at radius 1 is 1.24 bits per heavy atom. The highest BCUT2D eigenvalue weighted by atomic mass is 16.1. The van der Waals surface area contributed by atoms with Crippen LogP contribution in [0.15, 0.2) is 24.3 Å². The van der Waals surface area contributed by atoms with Crippen molar-refractivity contribution < 1.29 is 4.79 Å². The summed E-state index contributed by atoms with van der Waals surface area (Å²) < 4.78 is 0. The molecule has 1 aliphatic rings. The van der Waals surface area contributed by atoms with Gasteiger partial charge in [-0.2, -0.15) is 0 Å². The van der Waals surface area contributed by atoms with Gasteiger partial charge in [0.1, 0.15) is 0 Å². The number of nitrogens with one attached hydrogen (secondary N) is 2. The van der Waals surface area contributed by atoms with Crippen LogP contribution in [0.2, 0.25) is 0 Å². The van der Waals surface area contributed by atoms with Crippen LogP contribution in [0.3, 0.4) is 0 Å². The lowest BCUT2D eigenvalue weighted by atomic mass is 9.98. The van der Waals surface area contributed by atoms with Gasteiger partial charge < -0.3 is 10.6 Å². The molecule has 0 aromatic heterocycles. The minimum absolute atomic E-state index is 0.00103. The van der Waals surface area contributed by atoms with Crippen molar-refractivity contribution in [2.45, 2.75) is 31.6 Å². The first-order valence-electron chi connectivity index (χ1n) is 6.34. The molecule has 0 unspecified atom stereocenters. The third-order valence-electron chi connectivity index (χ3n) is 3.36. The second-order valence-electron chi connectivity index (χ2n) is 4.68. The summed E-state index contributed by atoms with van der Waals surface area (Å²) >= 11 is 0. The van der Waals surface area contributed by atoms with Gasteiger partial charge in [-0.25, -0.2) is 0 Å². The minimum atomic E-state index is 0.00103. The van der Waals surface area contributed by atoms with E-state index in [0.717, 1.165) is 11.6 Å². The second-order valence-corrected chi connectivity index (χ2v) is 4.68. The van der Waals surface area contributed by atoms with Crippen molar-refractivity contribution in [1.29, 1.82) is 0 Å². The number of rotatable bonds is 4. The van der Waals surface area contributed by atoms with Gasteiger partial charge in [0.15, 0.2) is 0 Å². The van der Waals surface area contributed by atoms with E-state index in [4.69, 9.17) is 0 Å². The molecule has 1 saturated carbocycles. The van der Waals surface area contributed by atoms with Crippen molar-refractivity contribution in [3.63, 3.8) is 0 Å². The zero-order valence-corrected chi connectivity index (χ0v) is 10.3. The van der Waals surface area contributed by atoms with Gasteiger partial charge in [0.25, 0.3) is 0 Å². The Balaban J connectivity index is 1.95. The normalized spacial score (nSPS) is 16.1. The Morgan fingerprint density at radius 2 is 1.88 bits per heavy atom. The van der Waals surface area contributed by atoms with Crippen LogP contribution in [-0.4, -0.2) is 19.5 Å². The molecule has 0 heterocycles. The molecule has 92 valence electrons. The zero-order chi connectivity index (χ0) is 12.1. The first kappa shape index (κ1) is 12.1. The minimum Gasteiger partial charge on any atom is -0.325 e. The van der Waals surface area contributed by atoms with Crippen LogP contribution in [0, 0.1) is 0 Å². The third kappa shape index (κ3) is 3.30. The fraction of sp³-hybridized carbons (Fsp3) is 0.500. The second kappa shape index (κ2) is 5.82. The SMILES string of the molecule is CNCC(=O)Nc1ccc(C2CCCC2)cc1. The molecule has 3 nitrogen and oxygen atoms in total. The van der Waals surface area contributed by atoms with Crippen molar-refractivity contribution >= 4 is 11.6 Å². The molecule has 2 rings (SSSR count). The monoisotopic (exact) mass is 232 g/mol. The number of likely N-dealkylation sites (N-methyl/N-ethyl adjacent to an activating group) is 1. The zero-order valence-electron chi connectivity index (χ0n) is 10.3. The lowest BCUT2D eigenvalue weighted by molar-refractivity contribution is -0.115. The highest BCUT2D eigenvalue weighted by molar-refractivity contribution is 5.92. The van der Waals surface area contributed by atoms with E-state index in [1.165, 1.54) is 31.2 Å². The van der Waals surface area contributed by atoms with Crippen LogP contribution in [0.5, 0.6) is 0 Å². The Labute approximate surface area is 103 Å². The van der Waals surface area contributed by atoms with Crippen molar-refractivity contribution in [2.75, 3.05) is 18.9 Å². The Bertz CT molecular complexity index is 366. The number of hydrogen-bond acceptors (Lipinski definition) is 2. The van der Waals surface area contributed by atoms with Gasteiger partial charge in [0, 0.05) is 5.69 Å². The van der Waals surface area contributed by atoms with Crippen LogP contribution >= 0.6 is 0 Å². The summed E-state index contributed by atoms with van der Waals surface area (Å²) in [6.45, 7) is 0.352. The Kier molecular flexibility index (Phi) is 4.15. The van der Waals surface area contributed by atoms with Crippen molar-refractivity contribution in [3.05, 3.63) is 29.8 Å². The number of carbonyl (C=O) groups is 1. The highest BCUT2D eigenvalue weighted by Crippen LogP contribution is 2.34. The standard InChI is InChI=1S/C14H20N2O/c1-15-10-14(17)16-13-8-6-12(7-9-13)11-4-2-3-5-11/h6-9,11,15H,2-5,10H2,1H3,(H,16,17). The third-order valence-corrected chi connectivity index (χ3v) is 3.36. The lowest BCUT2D eigenvalue weighted by Gasteiger charge is -2.10. The molecule has 17 heavy (non-hydrogen) atoms. The van der Waals surface area contributed by atoms with E-state index >= 15 is 0 Å². The van der Waals surface area contributed by atoms with E-state index in [1.54, 1.807) is 7.05 Å². The number of hydrogen-bond donors (Lipinski definition) is 2. The molecule has 0 atom stereocenters. The van der Waals surface area contributed by atoms with Gasteiger partial charge in [0.2, 0.25) is 5.91 Å². The smallest absolute Gasteiger partial charge is 0.238 e. The summed E-state index contributed by atoms with van der Waals surface area (Å²) in [6.07, 6.45) is 5.33. The number of carbonyl (C=O) groups excluding carboxylic acids is 1. The molecule has 0 saturated heterocycles. The molecule has 1 aromatic carbocycles. The molecule has 0 bridgehead atoms. The summed E-state index contributed by atoms with van der Waals surface area (Å²) in [5.41, 5.74) is 2.29. The van der Waals surface area contributed by atoms with E-state index in [1.807, 2.05) is 12.1 Å². The highest BCUT2D eigenvalue weighted by Gasteiger charge is 2.16. The topological polar surface area (TPSA) is 41.1 Å². The first-order valence-corrected chi connectivity index (χ1v) is 6.34. The fourth-order valence-corrected chi connectivity index (χ4v) is 2.46. The van der Waals surface area contributed by atoms with E-state index in [-0.39, 0.29) is 5.91 Å². The fourth-order valence-electron chi connectivity index (χ4n) is 2.46. The summed E-state index contributed by atoms with van der Waals surface area (Å²) in [6, 6.07) is 8.29. The van der Waals surface area contributed by atoms with E-state index in [9.17, 15) is 4.79 Å². The molecule has 1 aliphatic carbocycles. The summed E-state index contributed by atoms with van der Waals surface area (Å²) in [5.74, 6) is 0.734. The van der Waals surface area contributed by atoms with Gasteiger partial charge in [-0.3, -0.25) is 4.79 Å². The molecule has 1 fully saturated rings. The van der Waals surface area contributed by atoms with E-state index in [2.05, 4.69) is 22.8 Å². The van der Waals surface area contributed by atoms with Gasteiger partial charge in [0.05, 0.1) is 6.54 Å². The quantitative estimate of drug-likeness (QED) is 0.837. The van der Waals surface area contributed by atoms with Crippen LogP contribution in [0.4, 0.5) is 5.69 Å². The van der Waals surface area contributed by atoms with Crippen molar-refractivity contribution in [2.24, 2.45) is 0 Å². The van der Waals surface area contributed by atoms with Crippen LogP contribution in [-0.2, 0) is 4.79 Å². The largest absolute Gasteiger partial charge is 0.325 e. The van der Waals surface area contributed by atoms with Crippen molar-refractivity contribution in [3.8, 4) is 0 Å². The average Bonchev–Trinajstić information content (AvgIpc) is 2.84. The van der Waals surface area contributed by atoms with Crippen LogP contribution < -0.4 is 10.6 Å². The lowest BCUT2D eigenvalue weighted by Crippen LogP contribution is -2.24. The van der Waals surface area contributed by atoms with Gasteiger partial charge in [-0.05, 0) is 43.5 Å². The van der Waals surface area contributed by atoms with Crippen LogP contribution in [0.1, 0.15) is 37.2 Å². The number of benzene rings is 1. The van der Waals surface area contributed by atoms with Gasteiger partial charge in [-0.1, -0.05) is 25.0 Å². The number of anilines is 1. The Hall–Kier alpha value is -1.35. The summed E-state index contributed by atoms with van der Waals surface area (Å²) in [7, 11) is 1.77. The molecule has 0 spiro atoms. The molecule has 1 aromatic rings. The maximum absolute atomic E-state index is 11.4. The molecular formula is C14H20N2O. The van der Waals surface area contributed by atoms with Crippen molar-refractivity contribution in [1.82, 2.24) is 5.32 Å². The molecule has 1 amide bonds. The molecule has 0 aliphatic heterocycles. The average molecular weight is 232 g/mol. The number of amides is 1. The Morgan fingerprint density at radius 3 is 2.47 bits per heavy atom. The van der Waals surface area contributed by atoms with Gasteiger partial charge in [-0.15, -0.1) is 0 Å². The first-order chi connectivity index (χ1) is 8.29. The van der Waals surface area contributed by atoms with Crippen LogP contribution in [0.25, 0.3) is 0 Å². The maximum atomic E-state index is 11.4.